The van der Waals surface area contributed by atoms with Crippen LogP contribution in [0.3, 0.4) is 0 Å². The Bertz CT molecular complexity index is 658. The molecule has 0 spiro atoms. The summed E-state index contributed by atoms with van der Waals surface area (Å²) in [5, 5.41) is 6.02. The van der Waals surface area contributed by atoms with Gasteiger partial charge in [-0.3, -0.25) is 9.59 Å². The lowest BCUT2D eigenvalue weighted by Crippen LogP contribution is -2.35. The third-order valence-electron chi connectivity index (χ3n) is 4.90. The van der Waals surface area contributed by atoms with Crippen molar-refractivity contribution in [3.8, 4) is 0 Å². The second-order valence-electron chi connectivity index (χ2n) is 8.85. The van der Waals surface area contributed by atoms with Crippen molar-refractivity contribution in [2.24, 2.45) is 5.41 Å². The van der Waals surface area contributed by atoms with Crippen molar-refractivity contribution in [2.75, 3.05) is 23.3 Å². The third kappa shape index (κ3) is 6.56. The predicted octanol–water partition coefficient (Wildman–Crippen LogP) is 4.58. The Morgan fingerprint density at radius 2 is 1.81 bits per heavy atom. The van der Waals surface area contributed by atoms with E-state index in [1.54, 1.807) is 0 Å². The van der Waals surface area contributed by atoms with Crippen LogP contribution in [-0.2, 0) is 4.79 Å². The summed E-state index contributed by atoms with van der Waals surface area (Å²) in [6.07, 6.45) is 4.86. The molecule has 2 rings (SSSR count). The fourth-order valence-corrected chi connectivity index (χ4v) is 3.30. The molecular weight excluding hydrogens is 338 g/mol. The van der Waals surface area contributed by atoms with Gasteiger partial charge in [-0.15, -0.1) is 0 Å². The van der Waals surface area contributed by atoms with Crippen LogP contribution in [-0.4, -0.2) is 30.9 Å². The van der Waals surface area contributed by atoms with Crippen molar-refractivity contribution < 1.29 is 9.59 Å². The highest BCUT2D eigenvalue weighted by molar-refractivity contribution is 6.02. The summed E-state index contributed by atoms with van der Waals surface area (Å²) in [6.45, 7) is 12.1. The van der Waals surface area contributed by atoms with Gasteiger partial charge in [-0.1, -0.05) is 27.7 Å². The summed E-state index contributed by atoms with van der Waals surface area (Å²) in [4.78, 5) is 27.5. The summed E-state index contributed by atoms with van der Waals surface area (Å²) in [5.41, 5.74) is 2.21. The van der Waals surface area contributed by atoms with E-state index in [4.69, 9.17) is 0 Å². The first kappa shape index (κ1) is 21.3. The Kier molecular flexibility index (Phi) is 7.28. The second kappa shape index (κ2) is 9.25. The number of hydrogen-bond acceptors (Lipinski definition) is 3. The van der Waals surface area contributed by atoms with E-state index >= 15 is 0 Å². The molecule has 2 N–H and O–H groups in total. The first-order chi connectivity index (χ1) is 12.7. The average molecular weight is 374 g/mol. The average Bonchev–Trinajstić information content (AvgIpc) is 2.60. The normalized spacial score (nSPS) is 16.0. The van der Waals surface area contributed by atoms with E-state index in [0.29, 0.717) is 17.7 Å². The highest BCUT2D eigenvalue weighted by Crippen LogP contribution is 2.28. The first-order valence-corrected chi connectivity index (χ1v) is 10.2. The number of benzene rings is 1. The number of anilines is 2. The second-order valence-corrected chi connectivity index (χ2v) is 8.85. The zero-order valence-electron chi connectivity index (χ0n) is 17.5. The van der Waals surface area contributed by atoms with Gasteiger partial charge < -0.3 is 15.5 Å². The molecular formula is C22H35N3O2. The van der Waals surface area contributed by atoms with Gasteiger partial charge in [-0.2, -0.15) is 0 Å². The molecule has 1 fully saturated rings. The summed E-state index contributed by atoms with van der Waals surface area (Å²) in [5.74, 6) is -0.0987. The van der Waals surface area contributed by atoms with Gasteiger partial charge in [0, 0.05) is 36.9 Å². The molecule has 1 aliphatic heterocycles. The maximum atomic E-state index is 12.9. The van der Waals surface area contributed by atoms with Crippen LogP contribution in [0.1, 0.15) is 77.1 Å². The lowest BCUT2D eigenvalue weighted by Gasteiger charge is -2.31. The van der Waals surface area contributed by atoms with Gasteiger partial charge >= 0.3 is 0 Å². The van der Waals surface area contributed by atoms with Crippen LogP contribution < -0.4 is 15.5 Å². The van der Waals surface area contributed by atoms with Crippen LogP contribution in [0.5, 0.6) is 0 Å². The van der Waals surface area contributed by atoms with E-state index < -0.39 is 0 Å². The van der Waals surface area contributed by atoms with Gasteiger partial charge in [0.25, 0.3) is 5.91 Å². The van der Waals surface area contributed by atoms with E-state index in [1.165, 1.54) is 6.42 Å². The maximum absolute atomic E-state index is 12.9. The van der Waals surface area contributed by atoms with Gasteiger partial charge in [0.15, 0.2) is 0 Å². The Morgan fingerprint density at radius 3 is 2.41 bits per heavy atom. The molecule has 1 aromatic rings. The number of nitrogens with one attached hydrogen (secondary N) is 2. The SMILES string of the molecule is CC[C@H](C)NC(=O)c1cc(NC(=O)CC(C)(C)C)ccc1N1CCCCC1. The molecule has 5 heteroatoms. The van der Waals surface area contributed by atoms with Crippen molar-refractivity contribution in [3.63, 3.8) is 0 Å². The minimum Gasteiger partial charge on any atom is -0.371 e. The standard InChI is InChI=1S/C22H35N3O2/c1-6-16(2)23-21(27)18-14-17(24-20(26)15-22(3,4)5)10-11-19(18)25-12-8-7-9-13-25/h10-11,14,16H,6-9,12-13,15H2,1-5H3,(H,23,27)(H,24,26)/t16-/m0/s1. The molecule has 0 saturated carbocycles. The van der Waals surface area contributed by atoms with Crippen molar-refractivity contribution in [1.82, 2.24) is 5.32 Å². The van der Waals surface area contributed by atoms with Crippen LogP contribution >= 0.6 is 0 Å². The van der Waals surface area contributed by atoms with E-state index in [0.717, 1.165) is 38.0 Å². The van der Waals surface area contributed by atoms with Gasteiger partial charge in [0.05, 0.1) is 5.56 Å². The zero-order valence-corrected chi connectivity index (χ0v) is 17.5. The molecule has 0 radical (unpaired) electrons. The molecule has 150 valence electrons. The molecule has 2 amide bonds. The molecule has 27 heavy (non-hydrogen) atoms. The van der Waals surface area contributed by atoms with Crippen LogP contribution in [0.2, 0.25) is 0 Å². The molecule has 1 aliphatic rings. The van der Waals surface area contributed by atoms with Crippen molar-refractivity contribution in [3.05, 3.63) is 23.8 Å². The topological polar surface area (TPSA) is 61.4 Å². The Balaban J connectivity index is 2.26. The molecule has 1 aromatic carbocycles. The number of amides is 2. The maximum Gasteiger partial charge on any atom is 0.253 e. The van der Waals surface area contributed by atoms with Crippen molar-refractivity contribution >= 4 is 23.2 Å². The molecule has 0 aromatic heterocycles. The minimum absolute atomic E-state index is 0.0264. The molecule has 0 aliphatic carbocycles. The van der Waals surface area contributed by atoms with E-state index in [-0.39, 0.29) is 23.3 Å². The molecule has 1 saturated heterocycles. The van der Waals surface area contributed by atoms with Crippen molar-refractivity contribution in [1.29, 1.82) is 0 Å². The van der Waals surface area contributed by atoms with Crippen LogP contribution in [0.25, 0.3) is 0 Å². The largest absolute Gasteiger partial charge is 0.371 e. The van der Waals surface area contributed by atoms with Gasteiger partial charge in [0.1, 0.15) is 0 Å². The van der Waals surface area contributed by atoms with Crippen molar-refractivity contribution in [2.45, 2.75) is 72.8 Å². The number of hydrogen-bond donors (Lipinski definition) is 2. The smallest absolute Gasteiger partial charge is 0.253 e. The lowest BCUT2D eigenvalue weighted by molar-refractivity contribution is -0.117. The quantitative estimate of drug-likeness (QED) is 0.767. The van der Waals surface area contributed by atoms with E-state index in [9.17, 15) is 9.59 Å². The Labute approximate surface area is 163 Å². The monoisotopic (exact) mass is 373 g/mol. The fourth-order valence-electron chi connectivity index (χ4n) is 3.30. The summed E-state index contributed by atoms with van der Waals surface area (Å²) in [7, 11) is 0. The lowest BCUT2D eigenvalue weighted by atomic mass is 9.92. The highest BCUT2D eigenvalue weighted by Gasteiger charge is 2.21. The minimum atomic E-state index is -0.0748. The number of piperidine rings is 1. The van der Waals surface area contributed by atoms with Gasteiger partial charge in [0.2, 0.25) is 5.91 Å². The Hall–Kier alpha value is -2.04. The molecule has 1 atom stereocenters. The third-order valence-corrected chi connectivity index (χ3v) is 4.90. The summed E-state index contributed by atoms with van der Waals surface area (Å²) >= 11 is 0. The predicted molar refractivity (Wildman–Crippen MR) is 112 cm³/mol. The molecule has 0 unspecified atom stereocenters. The summed E-state index contributed by atoms with van der Waals surface area (Å²) < 4.78 is 0. The van der Waals surface area contributed by atoms with E-state index in [2.05, 4.69) is 22.5 Å². The molecule has 1 heterocycles. The van der Waals surface area contributed by atoms with E-state index in [1.807, 2.05) is 45.9 Å². The number of rotatable bonds is 6. The highest BCUT2D eigenvalue weighted by atomic mass is 16.2. The molecule has 0 bridgehead atoms. The number of nitrogens with zero attached hydrogens (tertiary/aromatic N) is 1. The van der Waals surface area contributed by atoms with Crippen LogP contribution in [0, 0.1) is 5.41 Å². The number of carbonyl (C=O) groups is 2. The van der Waals surface area contributed by atoms with Crippen LogP contribution in [0.4, 0.5) is 11.4 Å². The number of carbonyl (C=O) groups excluding carboxylic acids is 2. The summed E-state index contributed by atoms with van der Waals surface area (Å²) in [6, 6.07) is 5.82. The Morgan fingerprint density at radius 1 is 1.15 bits per heavy atom. The van der Waals surface area contributed by atoms with Crippen LogP contribution in [0.15, 0.2) is 18.2 Å². The van der Waals surface area contributed by atoms with Gasteiger partial charge in [-0.05, 0) is 56.2 Å². The van der Waals surface area contributed by atoms with Gasteiger partial charge in [-0.25, -0.2) is 0 Å². The fraction of sp³-hybridized carbons (Fsp3) is 0.636. The zero-order chi connectivity index (χ0) is 20.0. The first-order valence-electron chi connectivity index (χ1n) is 10.2. The molecule has 5 nitrogen and oxygen atoms in total.